The molecule has 8 rings (SSSR count). The highest BCUT2D eigenvalue weighted by Crippen LogP contribution is 2.65. The molecule has 0 radical (unpaired) electrons. The van der Waals surface area contributed by atoms with Gasteiger partial charge in [0.2, 0.25) is 5.91 Å². The highest BCUT2D eigenvalue weighted by atomic mass is 32.7. The Kier molecular flexibility index (Phi) is 11.6. The first-order valence-corrected chi connectivity index (χ1v) is 22.5. The van der Waals surface area contributed by atoms with Crippen LogP contribution in [-0.2, 0) is 52.0 Å². The fourth-order valence-corrected chi connectivity index (χ4v) is 10.9. The number of hydrogen-bond acceptors (Lipinski definition) is 17. The van der Waals surface area contributed by atoms with Crippen LogP contribution in [0.1, 0.15) is 34.1 Å². The van der Waals surface area contributed by atoms with Gasteiger partial charge in [-0.3, -0.25) is 37.2 Å². The largest absolute Gasteiger partial charge is 0.472 e. The minimum absolute atomic E-state index is 0.0133. The van der Waals surface area contributed by atoms with Gasteiger partial charge in [0, 0.05) is 12.0 Å². The first-order chi connectivity index (χ1) is 28.2. The average molecular weight is 879 g/mol. The molecule has 2 aromatic carbocycles. The van der Waals surface area contributed by atoms with Crippen molar-refractivity contribution in [1.29, 1.82) is 0 Å². The van der Waals surface area contributed by atoms with Crippen LogP contribution in [0.5, 0.6) is 5.75 Å². The second kappa shape index (κ2) is 16.5. The third-order valence-electron chi connectivity index (χ3n) is 9.61. The lowest BCUT2D eigenvalue weighted by Crippen LogP contribution is -2.46. The molecule has 4 bridgehead atoms. The zero-order chi connectivity index (χ0) is 41.6. The van der Waals surface area contributed by atoms with E-state index in [0.29, 0.717) is 22.5 Å². The lowest BCUT2D eigenvalue weighted by atomic mass is 10.1. The van der Waals surface area contributed by atoms with Crippen molar-refractivity contribution in [3.8, 4) is 5.75 Å². The molecule has 2 aromatic heterocycles. The standard InChI is InChI=1S/C35H34F2N6O13P2S/c1-18-2-6-20(7-3-18)35(46)52-22-8-4-19(5-9-22)15-59-58(49)51-14-24-26(36)29(33(53-24)42-11-10-21(44)12-25(42)45)55-57(47,48)50-13-23-27(37)30(56-58)34(54-23)43-17-41-28-31(38)39-16-40-32(28)43/h2-11,16-17,23-24,26-27,29-30,33-34H,12-15H2,1H3,(H,47,48)(H2,38,39,40)/t23-,24-,26-,27-,29-,30-,33-,34-,58+/m1/s1. The number of imidazole rings is 1. The molecule has 0 aliphatic carbocycles. The number of carbonyl (C=O) groups is 3. The lowest BCUT2D eigenvalue weighted by Gasteiger charge is -2.31. The molecule has 4 aliphatic rings. The van der Waals surface area contributed by atoms with Crippen molar-refractivity contribution in [2.45, 2.75) is 68.3 Å². The Hall–Kier alpha value is -4.47. The average Bonchev–Trinajstić information content (AvgIpc) is 3.86. The number of anilines is 1. The van der Waals surface area contributed by atoms with Gasteiger partial charge < -0.3 is 24.8 Å². The van der Waals surface area contributed by atoms with Crippen molar-refractivity contribution in [1.82, 2.24) is 24.4 Å². The number of amides is 1. The number of phosphoric ester groups is 1. The number of aryl methyl sites for hydroxylation is 1. The maximum absolute atomic E-state index is 16.6. The van der Waals surface area contributed by atoms with Crippen LogP contribution in [-0.4, -0.2) is 103 Å². The number of alkyl halides is 2. The smallest absolute Gasteiger partial charge is 0.423 e. The fraction of sp³-hybridized carbons (Fsp3) is 0.371. The van der Waals surface area contributed by atoms with Crippen LogP contribution in [0.25, 0.3) is 11.2 Å². The summed E-state index contributed by atoms with van der Waals surface area (Å²) >= 11 is 0.605. The zero-order valence-corrected chi connectivity index (χ0v) is 33.2. The van der Waals surface area contributed by atoms with Crippen molar-refractivity contribution in [3.63, 3.8) is 0 Å². The van der Waals surface area contributed by atoms with Crippen molar-refractivity contribution in [3.05, 3.63) is 90.2 Å². The fourth-order valence-electron chi connectivity index (χ4n) is 6.59. The molecule has 0 spiro atoms. The van der Waals surface area contributed by atoms with E-state index in [1.807, 2.05) is 6.92 Å². The number of aromatic nitrogens is 4. The Labute approximate surface area is 337 Å². The summed E-state index contributed by atoms with van der Waals surface area (Å²) in [4.78, 5) is 61.1. The molecule has 4 aliphatic heterocycles. The quantitative estimate of drug-likeness (QED) is 0.112. The number of nitrogens with two attached hydrogens (primary N) is 1. The second-order valence-corrected chi connectivity index (χ2v) is 19.1. The summed E-state index contributed by atoms with van der Waals surface area (Å²) in [6.45, 7) is -4.59. The SMILES string of the molecule is Cc1ccc(C(=O)Oc2ccc(CS[P@@]3(=O)OC[C@H]4O[C@@H](N5C=CC(=O)CC5=O)[C@H](OP(=O)(O)OC[C@H]5O[C@@H](n6cnc7c(N)ncnc76)[C@H](O3)[C@@H]5F)[C@@H]4F)cc2)cc1. The van der Waals surface area contributed by atoms with Gasteiger partial charge >= 0.3 is 20.6 Å². The molecule has 312 valence electrons. The number of fused-ring (bicyclic) bond motifs is 5. The van der Waals surface area contributed by atoms with E-state index < -0.39 is 101 Å². The van der Waals surface area contributed by atoms with Gasteiger partial charge in [0.25, 0.3) is 0 Å². The Balaban J connectivity index is 1.09. The number of ether oxygens (including phenoxy) is 3. The van der Waals surface area contributed by atoms with Crippen LogP contribution in [0.2, 0.25) is 0 Å². The van der Waals surface area contributed by atoms with Gasteiger partial charge in [-0.1, -0.05) is 29.8 Å². The van der Waals surface area contributed by atoms with E-state index in [1.165, 1.54) is 23.0 Å². The van der Waals surface area contributed by atoms with E-state index in [4.69, 9.17) is 38.0 Å². The molecule has 10 atom stereocenters. The van der Waals surface area contributed by atoms with Crippen molar-refractivity contribution in [2.24, 2.45) is 0 Å². The van der Waals surface area contributed by atoms with Crippen LogP contribution in [0.15, 0.2) is 73.5 Å². The van der Waals surface area contributed by atoms with Crippen LogP contribution in [0.3, 0.4) is 0 Å². The molecule has 6 heterocycles. The first-order valence-electron chi connectivity index (χ1n) is 17.8. The summed E-state index contributed by atoms with van der Waals surface area (Å²) in [5, 5.41) is 0. The molecule has 24 heteroatoms. The minimum Gasteiger partial charge on any atom is -0.423 e. The Morgan fingerprint density at radius 2 is 1.63 bits per heavy atom. The van der Waals surface area contributed by atoms with E-state index in [-0.39, 0.29) is 28.5 Å². The number of ketones is 1. The summed E-state index contributed by atoms with van der Waals surface area (Å²) in [7, 11) is -5.27. The van der Waals surface area contributed by atoms with Crippen LogP contribution >= 0.6 is 26.0 Å². The van der Waals surface area contributed by atoms with E-state index in [0.717, 1.165) is 29.1 Å². The van der Waals surface area contributed by atoms with E-state index >= 15 is 8.78 Å². The number of phosphoric acid groups is 1. The van der Waals surface area contributed by atoms with Crippen LogP contribution < -0.4 is 10.5 Å². The molecule has 3 saturated heterocycles. The molecule has 3 N–H and O–H groups in total. The van der Waals surface area contributed by atoms with Gasteiger partial charge in [-0.25, -0.2) is 37.7 Å². The molecule has 59 heavy (non-hydrogen) atoms. The topological polar surface area (TPSA) is 243 Å². The van der Waals surface area contributed by atoms with Gasteiger partial charge in [-0.15, -0.1) is 0 Å². The molecule has 1 unspecified atom stereocenters. The summed E-state index contributed by atoms with van der Waals surface area (Å²) in [6.07, 6.45) is -11.2. The molecule has 1 amide bonds. The molecule has 3 fully saturated rings. The highest BCUT2D eigenvalue weighted by molar-refractivity contribution is 8.54. The zero-order valence-electron chi connectivity index (χ0n) is 30.6. The highest BCUT2D eigenvalue weighted by Gasteiger charge is 2.56. The summed E-state index contributed by atoms with van der Waals surface area (Å²) in [6, 6.07) is 13.0. The number of nitrogens with zero attached hydrogens (tertiary/aromatic N) is 5. The van der Waals surface area contributed by atoms with Crippen molar-refractivity contribution < 1.29 is 69.5 Å². The predicted molar refractivity (Wildman–Crippen MR) is 201 cm³/mol. The monoisotopic (exact) mass is 878 g/mol. The van der Waals surface area contributed by atoms with E-state index in [9.17, 15) is 28.4 Å². The summed E-state index contributed by atoms with van der Waals surface area (Å²) in [5.41, 5.74) is 7.99. The third-order valence-corrected chi connectivity index (χ3v) is 14.3. The van der Waals surface area contributed by atoms with Gasteiger partial charge in [0.1, 0.15) is 42.0 Å². The van der Waals surface area contributed by atoms with Crippen molar-refractivity contribution >= 4 is 60.6 Å². The molecular formula is C35H34F2N6O13P2S. The normalized spacial score (nSPS) is 32.6. The predicted octanol–water partition coefficient (Wildman–Crippen LogP) is 4.51. The Morgan fingerprint density at radius 3 is 2.34 bits per heavy atom. The maximum Gasteiger partial charge on any atom is 0.472 e. The molecule has 4 aromatic rings. The molecular weight excluding hydrogens is 844 g/mol. The summed E-state index contributed by atoms with van der Waals surface area (Å²) in [5.74, 6) is -1.85. The van der Waals surface area contributed by atoms with Gasteiger partial charge in [0.05, 0.1) is 31.5 Å². The number of halogens is 2. The maximum atomic E-state index is 16.6. The Morgan fingerprint density at radius 1 is 0.949 bits per heavy atom. The number of esters is 1. The number of allylic oxidation sites excluding steroid dienone is 1. The number of benzene rings is 2. The Bertz CT molecular complexity index is 2390. The van der Waals surface area contributed by atoms with Crippen LogP contribution in [0.4, 0.5) is 14.6 Å². The van der Waals surface area contributed by atoms with E-state index in [1.54, 1.807) is 36.4 Å². The van der Waals surface area contributed by atoms with Crippen molar-refractivity contribution in [2.75, 3.05) is 18.9 Å². The van der Waals surface area contributed by atoms with E-state index in [2.05, 4.69) is 15.0 Å². The third kappa shape index (κ3) is 8.74. The molecule has 0 saturated carbocycles. The number of rotatable bonds is 7. The lowest BCUT2D eigenvalue weighted by molar-refractivity contribution is -0.148. The van der Waals surface area contributed by atoms with Crippen LogP contribution in [0, 0.1) is 6.92 Å². The minimum atomic E-state index is -5.27. The number of nitrogen functional groups attached to an aromatic ring is 1. The van der Waals surface area contributed by atoms with Gasteiger partial charge in [-0.05, 0) is 54.2 Å². The summed E-state index contributed by atoms with van der Waals surface area (Å²) < 4.78 is 101. The number of hydrogen-bond donors (Lipinski definition) is 2. The van der Waals surface area contributed by atoms with Gasteiger partial charge in [0.15, 0.2) is 42.0 Å². The van der Waals surface area contributed by atoms with Gasteiger partial charge in [-0.2, -0.15) is 0 Å². The second-order valence-electron chi connectivity index (χ2n) is 13.7. The first kappa shape index (κ1) is 41.3. The number of carbonyl (C=O) groups excluding carboxylic acids is 3. The molecule has 19 nitrogen and oxygen atoms in total.